The SMILES string of the molecule is C=C(C)[C@@H]1CC[C@]2(CC(=O)N3CC[C@@H](NCC)C3)CC[C@]3(C)[C@H](CC[C@@H]4[C@@]5(C)CC[C@H](OC(=O)CC(C)(C)C(=O)O)C(C)(C)[C@@H]5CC[C@]43C)[C@@H]12. The minimum atomic E-state index is -1.14. The summed E-state index contributed by atoms with van der Waals surface area (Å²) in [5.41, 5.74) is 0.658. The molecule has 1 aliphatic heterocycles. The summed E-state index contributed by atoms with van der Waals surface area (Å²) in [6, 6.07) is 0.432. The average molecular weight is 695 g/mol. The van der Waals surface area contributed by atoms with Gasteiger partial charge < -0.3 is 20.1 Å². The van der Waals surface area contributed by atoms with E-state index in [0.29, 0.717) is 48.0 Å². The normalized spacial score (nSPS) is 43.6. The Morgan fingerprint density at radius 2 is 1.62 bits per heavy atom. The van der Waals surface area contributed by atoms with Gasteiger partial charge in [0.1, 0.15) is 6.10 Å². The number of nitrogens with one attached hydrogen (secondary N) is 1. The molecule has 0 aromatic carbocycles. The van der Waals surface area contributed by atoms with Crippen molar-refractivity contribution in [1.29, 1.82) is 0 Å². The van der Waals surface area contributed by atoms with Crippen LogP contribution >= 0.6 is 0 Å². The zero-order valence-corrected chi connectivity index (χ0v) is 33.1. The lowest BCUT2D eigenvalue weighted by Gasteiger charge is -2.73. The Balaban J connectivity index is 1.23. The zero-order valence-electron chi connectivity index (χ0n) is 33.1. The van der Waals surface area contributed by atoms with Crippen LogP contribution in [-0.2, 0) is 19.1 Å². The van der Waals surface area contributed by atoms with E-state index >= 15 is 0 Å². The third-order valence-corrected chi connectivity index (χ3v) is 17.2. The first kappa shape index (κ1) is 37.9. The molecule has 6 rings (SSSR count). The molecule has 2 N–H and O–H groups in total. The molecule has 1 saturated heterocycles. The number of nitrogens with zero attached hydrogens (tertiary/aromatic N) is 1. The number of ether oxygens (including phenoxy) is 1. The topological polar surface area (TPSA) is 95.9 Å². The number of amides is 1. The van der Waals surface area contributed by atoms with Crippen molar-refractivity contribution in [1.82, 2.24) is 10.2 Å². The summed E-state index contributed by atoms with van der Waals surface area (Å²) in [7, 11) is 0. The van der Waals surface area contributed by atoms with Crippen molar-refractivity contribution in [3.05, 3.63) is 12.2 Å². The lowest BCUT2D eigenvalue weighted by atomic mass is 9.32. The number of fused-ring (bicyclic) bond motifs is 7. The first-order valence-electron chi connectivity index (χ1n) is 20.4. The van der Waals surface area contributed by atoms with Crippen molar-refractivity contribution in [2.24, 2.45) is 62.1 Å². The summed E-state index contributed by atoms with van der Waals surface area (Å²) < 4.78 is 6.19. The van der Waals surface area contributed by atoms with Crippen LogP contribution in [0.4, 0.5) is 0 Å². The van der Waals surface area contributed by atoms with E-state index < -0.39 is 11.4 Å². The van der Waals surface area contributed by atoms with Gasteiger partial charge in [-0.15, -0.1) is 0 Å². The molecule has 0 aromatic heterocycles. The average Bonchev–Trinajstić information content (AvgIpc) is 3.64. The number of hydrogen-bond acceptors (Lipinski definition) is 5. The highest BCUT2D eigenvalue weighted by molar-refractivity contribution is 5.81. The Kier molecular flexibility index (Phi) is 9.77. The zero-order chi connectivity index (χ0) is 36.7. The van der Waals surface area contributed by atoms with Gasteiger partial charge in [-0.1, -0.05) is 53.7 Å². The highest BCUT2D eigenvalue weighted by atomic mass is 16.5. The van der Waals surface area contributed by atoms with E-state index in [2.05, 4.69) is 65.3 Å². The van der Waals surface area contributed by atoms with Crippen LogP contribution in [0.15, 0.2) is 12.2 Å². The molecular formula is C43H70N2O5. The van der Waals surface area contributed by atoms with Crippen molar-refractivity contribution in [3.63, 3.8) is 0 Å². The van der Waals surface area contributed by atoms with Gasteiger partial charge in [0.2, 0.25) is 5.91 Å². The third kappa shape index (κ3) is 5.81. The lowest BCUT2D eigenvalue weighted by Crippen LogP contribution is -2.67. The fourth-order valence-corrected chi connectivity index (χ4v) is 14.3. The van der Waals surface area contributed by atoms with Gasteiger partial charge >= 0.3 is 11.9 Å². The summed E-state index contributed by atoms with van der Waals surface area (Å²) in [4.78, 5) is 41.1. The van der Waals surface area contributed by atoms with Crippen molar-refractivity contribution in [3.8, 4) is 0 Å². The molecule has 5 aliphatic carbocycles. The maximum atomic E-state index is 14.1. The summed E-state index contributed by atoms with van der Waals surface area (Å²) in [5.74, 6) is 1.71. The van der Waals surface area contributed by atoms with Gasteiger partial charge in [0.25, 0.3) is 0 Å². The fraction of sp³-hybridized carbons (Fsp3) is 0.884. The second-order valence-corrected chi connectivity index (χ2v) is 20.3. The molecule has 50 heavy (non-hydrogen) atoms. The molecule has 0 spiro atoms. The summed E-state index contributed by atoms with van der Waals surface area (Å²) in [6.07, 6.45) is 12.9. The minimum absolute atomic E-state index is 0.0879. The predicted molar refractivity (Wildman–Crippen MR) is 198 cm³/mol. The van der Waals surface area contributed by atoms with Crippen LogP contribution in [0.5, 0.6) is 0 Å². The van der Waals surface area contributed by atoms with E-state index in [4.69, 9.17) is 4.74 Å². The summed E-state index contributed by atoms with van der Waals surface area (Å²) in [6.45, 7) is 27.4. The van der Waals surface area contributed by atoms with Gasteiger partial charge in [-0.2, -0.15) is 0 Å². The lowest BCUT2D eigenvalue weighted by molar-refractivity contribution is -0.250. The predicted octanol–water partition coefficient (Wildman–Crippen LogP) is 8.66. The third-order valence-electron chi connectivity index (χ3n) is 17.2. The maximum absolute atomic E-state index is 14.1. The largest absolute Gasteiger partial charge is 0.481 e. The number of carbonyl (C=O) groups excluding carboxylic acids is 2. The molecule has 5 saturated carbocycles. The van der Waals surface area contributed by atoms with Gasteiger partial charge in [0.15, 0.2) is 0 Å². The molecule has 11 atom stereocenters. The molecule has 0 bridgehead atoms. The molecule has 0 aromatic rings. The van der Waals surface area contributed by atoms with E-state index in [9.17, 15) is 19.5 Å². The first-order valence-corrected chi connectivity index (χ1v) is 20.4. The van der Waals surface area contributed by atoms with Gasteiger partial charge in [-0.3, -0.25) is 14.4 Å². The van der Waals surface area contributed by atoms with Crippen LogP contribution < -0.4 is 5.32 Å². The number of allylic oxidation sites excluding steroid dienone is 1. The number of hydrogen-bond donors (Lipinski definition) is 2. The van der Waals surface area contributed by atoms with E-state index in [1.807, 2.05) is 0 Å². The second kappa shape index (κ2) is 12.9. The van der Waals surface area contributed by atoms with Crippen LogP contribution in [0.2, 0.25) is 0 Å². The van der Waals surface area contributed by atoms with E-state index in [-0.39, 0.29) is 45.6 Å². The molecule has 282 valence electrons. The minimum Gasteiger partial charge on any atom is -0.481 e. The number of carboxylic acids is 1. The van der Waals surface area contributed by atoms with Crippen LogP contribution in [0.25, 0.3) is 0 Å². The molecule has 1 heterocycles. The Hall–Kier alpha value is -1.89. The quantitative estimate of drug-likeness (QED) is 0.185. The van der Waals surface area contributed by atoms with Crippen LogP contribution in [0.3, 0.4) is 0 Å². The van der Waals surface area contributed by atoms with Crippen molar-refractivity contribution < 1.29 is 24.2 Å². The van der Waals surface area contributed by atoms with Crippen molar-refractivity contribution in [2.75, 3.05) is 19.6 Å². The molecule has 6 fully saturated rings. The van der Waals surface area contributed by atoms with Crippen LogP contribution in [0, 0.1) is 62.1 Å². The first-order chi connectivity index (χ1) is 23.3. The molecule has 6 aliphatic rings. The number of likely N-dealkylation sites (N-methyl/N-ethyl adjacent to an activating group) is 1. The van der Waals surface area contributed by atoms with Gasteiger partial charge in [-0.25, -0.2) is 0 Å². The number of aliphatic carboxylic acids is 1. The number of carbonyl (C=O) groups is 3. The smallest absolute Gasteiger partial charge is 0.309 e. The van der Waals surface area contributed by atoms with Crippen molar-refractivity contribution in [2.45, 2.75) is 158 Å². The maximum Gasteiger partial charge on any atom is 0.309 e. The van der Waals surface area contributed by atoms with Crippen LogP contribution in [-0.4, -0.2) is 59.6 Å². The molecule has 1 amide bonds. The van der Waals surface area contributed by atoms with E-state index in [0.717, 1.165) is 58.2 Å². The monoisotopic (exact) mass is 695 g/mol. The number of rotatable bonds is 9. The summed E-state index contributed by atoms with van der Waals surface area (Å²) >= 11 is 0. The Morgan fingerprint density at radius 1 is 0.900 bits per heavy atom. The van der Waals surface area contributed by atoms with Crippen LogP contribution in [0.1, 0.15) is 146 Å². The van der Waals surface area contributed by atoms with Gasteiger partial charge in [-0.05, 0) is 149 Å². The molecular weight excluding hydrogens is 624 g/mol. The Labute approximate surface area is 303 Å². The van der Waals surface area contributed by atoms with Gasteiger partial charge in [0.05, 0.1) is 11.8 Å². The number of esters is 1. The van der Waals surface area contributed by atoms with E-state index in [1.54, 1.807) is 13.8 Å². The van der Waals surface area contributed by atoms with E-state index in [1.165, 1.54) is 37.7 Å². The Bertz CT molecular complexity index is 1370. The summed E-state index contributed by atoms with van der Waals surface area (Å²) in [5, 5.41) is 13.2. The number of likely N-dealkylation sites (tertiary alicyclic amines) is 1. The molecule has 0 radical (unpaired) electrons. The highest BCUT2D eigenvalue weighted by Gasteiger charge is 2.71. The fourth-order valence-electron chi connectivity index (χ4n) is 14.3. The van der Waals surface area contributed by atoms with Gasteiger partial charge in [0, 0.05) is 31.0 Å². The molecule has 7 heteroatoms. The number of carboxylic acid groups (broad SMARTS) is 1. The Morgan fingerprint density at radius 3 is 2.28 bits per heavy atom. The molecule has 7 nitrogen and oxygen atoms in total. The standard InChI is InChI=1S/C43H70N2O5/c1-11-44-28-17-23-45(26-28)34(46)24-43-20-14-29(27(2)3)36(43)30-12-13-32-40(8)18-16-33(50-35(47)25-38(4,5)37(48)49)39(6,7)31(40)15-19-42(32,10)41(30,9)21-22-43/h28-33,36,44H,2,11-26H2,1,3-10H3,(H,48,49)/t28-,29+,30-,31+,32-,33+,36-,40+,41-,42-,43-/m1/s1. The molecule has 0 unspecified atom stereocenters. The second-order valence-electron chi connectivity index (χ2n) is 20.3. The van der Waals surface area contributed by atoms with Crippen molar-refractivity contribution >= 4 is 17.8 Å². The highest BCUT2D eigenvalue weighted by Crippen LogP contribution is 2.78.